The van der Waals surface area contributed by atoms with E-state index in [1.165, 1.54) is 0 Å². The van der Waals surface area contributed by atoms with Crippen LogP contribution in [0.2, 0.25) is 0 Å². The molecule has 146 valence electrons. The average molecular weight is 384 g/mol. The van der Waals surface area contributed by atoms with Crippen molar-refractivity contribution in [3.63, 3.8) is 0 Å². The molecular formula is C25H24N2O2. The molecule has 4 heteroatoms. The minimum Gasteiger partial charge on any atom is -0.497 e. The fourth-order valence-corrected chi connectivity index (χ4v) is 3.64. The van der Waals surface area contributed by atoms with Crippen LogP contribution in [0, 0.1) is 0 Å². The molecule has 0 radical (unpaired) electrons. The largest absolute Gasteiger partial charge is 0.497 e. The van der Waals surface area contributed by atoms with Crippen molar-refractivity contribution in [3.8, 4) is 5.75 Å². The quantitative estimate of drug-likeness (QED) is 0.600. The van der Waals surface area contributed by atoms with E-state index in [9.17, 15) is 4.79 Å². The minimum absolute atomic E-state index is 0.0422. The van der Waals surface area contributed by atoms with Crippen LogP contribution in [0.5, 0.6) is 5.75 Å². The molecule has 0 spiro atoms. The standard InChI is InChI=1S/C25H24N2O2/c1-29-22-15-13-21(14-16-22)24-18-23(20-10-6-3-7-11-20)26-27(24)25(28)17-12-19-8-4-2-5-9-19/h2-11,13-16,24H,12,17-18H2,1H3/t24-/m0/s1. The summed E-state index contributed by atoms with van der Waals surface area (Å²) in [5, 5.41) is 6.41. The second-order valence-corrected chi connectivity index (χ2v) is 7.13. The van der Waals surface area contributed by atoms with E-state index in [0.717, 1.165) is 28.2 Å². The molecule has 0 saturated heterocycles. The lowest BCUT2D eigenvalue weighted by atomic mass is 9.98. The van der Waals surface area contributed by atoms with Crippen LogP contribution in [0.25, 0.3) is 0 Å². The number of hydrogen-bond donors (Lipinski definition) is 0. The molecule has 0 saturated carbocycles. The third kappa shape index (κ3) is 4.37. The minimum atomic E-state index is -0.0978. The van der Waals surface area contributed by atoms with Crippen LogP contribution >= 0.6 is 0 Å². The lowest BCUT2D eigenvalue weighted by Gasteiger charge is -2.22. The van der Waals surface area contributed by atoms with Crippen molar-refractivity contribution in [2.24, 2.45) is 5.10 Å². The van der Waals surface area contributed by atoms with Gasteiger partial charge in [0.25, 0.3) is 0 Å². The third-order valence-corrected chi connectivity index (χ3v) is 5.24. The van der Waals surface area contributed by atoms with Gasteiger partial charge >= 0.3 is 0 Å². The molecule has 0 fully saturated rings. The summed E-state index contributed by atoms with van der Waals surface area (Å²) in [6.45, 7) is 0. The molecule has 1 aliphatic rings. The molecule has 4 nitrogen and oxygen atoms in total. The number of carbonyl (C=O) groups is 1. The molecule has 1 atom stereocenters. The van der Waals surface area contributed by atoms with Gasteiger partial charge in [0.1, 0.15) is 5.75 Å². The molecule has 1 aliphatic heterocycles. The maximum atomic E-state index is 13.1. The van der Waals surface area contributed by atoms with Crippen molar-refractivity contribution in [1.29, 1.82) is 0 Å². The number of aryl methyl sites for hydroxylation is 1. The molecule has 1 heterocycles. The summed E-state index contributed by atoms with van der Waals surface area (Å²) in [7, 11) is 1.65. The summed E-state index contributed by atoms with van der Waals surface area (Å²) in [6, 6.07) is 28.0. The zero-order valence-electron chi connectivity index (χ0n) is 16.5. The Kier molecular flexibility index (Phi) is 5.71. The summed E-state index contributed by atoms with van der Waals surface area (Å²) < 4.78 is 5.27. The summed E-state index contributed by atoms with van der Waals surface area (Å²) in [6.07, 6.45) is 1.84. The first kappa shape index (κ1) is 18.9. The number of methoxy groups -OCH3 is 1. The summed E-state index contributed by atoms with van der Waals surface area (Å²) in [4.78, 5) is 13.1. The van der Waals surface area contributed by atoms with E-state index >= 15 is 0 Å². The zero-order chi connectivity index (χ0) is 20.1. The van der Waals surface area contributed by atoms with Gasteiger partial charge in [-0.25, -0.2) is 5.01 Å². The molecule has 3 aromatic carbocycles. The van der Waals surface area contributed by atoms with Crippen LogP contribution < -0.4 is 4.74 Å². The molecular weight excluding hydrogens is 360 g/mol. The van der Waals surface area contributed by atoms with E-state index in [4.69, 9.17) is 9.84 Å². The number of hydrogen-bond acceptors (Lipinski definition) is 3. The Morgan fingerprint density at radius 1 is 0.966 bits per heavy atom. The highest BCUT2D eigenvalue weighted by atomic mass is 16.5. The molecule has 29 heavy (non-hydrogen) atoms. The highest BCUT2D eigenvalue weighted by molar-refractivity contribution is 6.03. The van der Waals surface area contributed by atoms with Gasteiger partial charge in [-0.05, 0) is 35.2 Å². The average Bonchev–Trinajstić information content (AvgIpc) is 3.24. The molecule has 1 amide bonds. The van der Waals surface area contributed by atoms with Crippen LogP contribution in [0.3, 0.4) is 0 Å². The Labute approximate surface area is 171 Å². The maximum absolute atomic E-state index is 13.1. The van der Waals surface area contributed by atoms with Crippen molar-refractivity contribution in [3.05, 3.63) is 102 Å². The number of hydrazone groups is 1. The van der Waals surface area contributed by atoms with E-state index in [2.05, 4.69) is 12.1 Å². The predicted molar refractivity (Wildman–Crippen MR) is 115 cm³/mol. The van der Waals surface area contributed by atoms with Gasteiger partial charge in [-0.1, -0.05) is 72.8 Å². The lowest BCUT2D eigenvalue weighted by Crippen LogP contribution is -2.27. The number of carbonyl (C=O) groups excluding carboxylic acids is 1. The first-order valence-electron chi connectivity index (χ1n) is 9.87. The summed E-state index contributed by atoms with van der Waals surface area (Å²) in [5.41, 5.74) is 4.23. The van der Waals surface area contributed by atoms with Gasteiger partial charge in [-0.2, -0.15) is 5.10 Å². The van der Waals surface area contributed by atoms with Crippen LogP contribution in [0.15, 0.2) is 90.0 Å². The number of nitrogens with zero attached hydrogens (tertiary/aromatic N) is 2. The second-order valence-electron chi connectivity index (χ2n) is 7.13. The topological polar surface area (TPSA) is 41.9 Å². The molecule has 0 aliphatic carbocycles. The number of benzene rings is 3. The number of rotatable bonds is 6. The van der Waals surface area contributed by atoms with Gasteiger partial charge in [0.2, 0.25) is 5.91 Å². The lowest BCUT2D eigenvalue weighted by molar-refractivity contribution is -0.133. The molecule has 0 bridgehead atoms. The SMILES string of the molecule is COc1ccc([C@@H]2CC(c3ccccc3)=NN2C(=O)CCc2ccccc2)cc1. The van der Waals surface area contributed by atoms with Crippen molar-refractivity contribution in [2.45, 2.75) is 25.3 Å². The van der Waals surface area contributed by atoms with Crippen molar-refractivity contribution in [1.82, 2.24) is 5.01 Å². The van der Waals surface area contributed by atoms with Gasteiger partial charge in [0.15, 0.2) is 0 Å². The van der Waals surface area contributed by atoms with Gasteiger partial charge < -0.3 is 4.74 Å². The van der Waals surface area contributed by atoms with E-state index in [0.29, 0.717) is 19.3 Å². The van der Waals surface area contributed by atoms with E-state index in [-0.39, 0.29) is 11.9 Å². The van der Waals surface area contributed by atoms with Gasteiger partial charge in [0, 0.05) is 12.8 Å². The molecule has 3 aromatic rings. The maximum Gasteiger partial charge on any atom is 0.243 e. The Balaban J connectivity index is 1.57. The Hall–Kier alpha value is -3.40. The first-order valence-corrected chi connectivity index (χ1v) is 9.87. The number of amides is 1. The van der Waals surface area contributed by atoms with Crippen molar-refractivity contribution in [2.75, 3.05) is 7.11 Å². The van der Waals surface area contributed by atoms with Crippen LogP contribution in [-0.4, -0.2) is 23.7 Å². The highest BCUT2D eigenvalue weighted by Gasteiger charge is 2.32. The highest BCUT2D eigenvalue weighted by Crippen LogP contribution is 2.34. The Bertz CT molecular complexity index is 982. The Morgan fingerprint density at radius 3 is 2.28 bits per heavy atom. The number of ether oxygens (including phenoxy) is 1. The van der Waals surface area contributed by atoms with Crippen molar-refractivity contribution < 1.29 is 9.53 Å². The fraction of sp³-hybridized carbons (Fsp3) is 0.200. The molecule has 0 N–H and O–H groups in total. The summed E-state index contributed by atoms with van der Waals surface area (Å²) >= 11 is 0. The van der Waals surface area contributed by atoms with Crippen molar-refractivity contribution >= 4 is 11.6 Å². The first-order chi connectivity index (χ1) is 14.2. The fourth-order valence-electron chi connectivity index (χ4n) is 3.64. The van der Waals surface area contributed by atoms with Gasteiger partial charge in [-0.15, -0.1) is 0 Å². The second kappa shape index (κ2) is 8.74. The third-order valence-electron chi connectivity index (χ3n) is 5.24. The normalized spacial score (nSPS) is 15.8. The molecule has 4 rings (SSSR count). The van der Waals surface area contributed by atoms with Crippen LogP contribution in [-0.2, 0) is 11.2 Å². The van der Waals surface area contributed by atoms with E-state index < -0.39 is 0 Å². The van der Waals surface area contributed by atoms with Crippen LogP contribution in [0.4, 0.5) is 0 Å². The van der Waals surface area contributed by atoms with Crippen LogP contribution in [0.1, 0.15) is 35.6 Å². The van der Waals surface area contributed by atoms with Gasteiger partial charge in [0.05, 0.1) is 18.9 Å². The van der Waals surface area contributed by atoms with E-state index in [1.807, 2.05) is 72.8 Å². The molecule has 0 unspecified atom stereocenters. The monoisotopic (exact) mass is 384 g/mol. The summed E-state index contributed by atoms with van der Waals surface area (Å²) in [5.74, 6) is 0.846. The molecule has 0 aromatic heterocycles. The smallest absolute Gasteiger partial charge is 0.243 e. The van der Waals surface area contributed by atoms with E-state index in [1.54, 1.807) is 12.1 Å². The zero-order valence-corrected chi connectivity index (χ0v) is 16.5. The van der Waals surface area contributed by atoms with Gasteiger partial charge in [-0.3, -0.25) is 4.79 Å². The Morgan fingerprint density at radius 2 is 1.62 bits per heavy atom. The predicted octanol–water partition coefficient (Wildman–Crippen LogP) is 5.01.